The van der Waals surface area contributed by atoms with E-state index < -0.39 is 0 Å². The van der Waals surface area contributed by atoms with Gasteiger partial charge in [0.15, 0.2) is 0 Å². The van der Waals surface area contributed by atoms with E-state index >= 15 is 0 Å². The number of halogens is 1. The summed E-state index contributed by atoms with van der Waals surface area (Å²) in [5.41, 5.74) is 2.20. The highest BCUT2D eigenvalue weighted by atomic mass is 35.5. The molecule has 2 aromatic rings. The standard InChI is InChI=1S/C18H23ClN4/c1-13-11-17(20-10-9-14-5-4-6-15(19)12-14)23-18(21-13)22-16-7-2-3-8-16/h4-6,11-12,16H,2-3,7-10H2,1H3,(H2,20,21,22,23). The first-order chi connectivity index (χ1) is 11.2. The van der Waals surface area contributed by atoms with Crippen LogP contribution in [0.4, 0.5) is 11.8 Å². The molecule has 1 aliphatic rings. The molecule has 5 heteroatoms. The molecule has 2 N–H and O–H groups in total. The van der Waals surface area contributed by atoms with Crippen LogP contribution in [0.3, 0.4) is 0 Å². The van der Waals surface area contributed by atoms with Crippen molar-refractivity contribution in [3.63, 3.8) is 0 Å². The van der Waals surface area contributed by atoms with Crippen molar-refractivity contribution in [2.75, 3.05) is 17.2 Å². The summed E-state index contributed by atoms with van der Waals surface area (Å²) >= 11 is 6.01. The third-order valence-corrected chi connectivity index (χ3v) is 4.39. The van der Waals surface area contributed by atoms with Gasteiger partial charge in [0.1, 0.15) is 5.82 Å². The molecule has 1 aromatic carbocycles. The zero-order chi connectivity index (χ0) is 16.1. The summed E-state index contributed by atoms with van der Waals surface area (Å²) in [6.07, 6.45) is 5.95. The summed E-state index contributed by atoms with van der Waals surface area (Å²) in [6.45, 7) is 2.82. The predicted octanol–water partition coefficient (Wildman–Crippen LogP) is 4.45. The Morgan fingerprint density at radius 1 is 1.17 bits per heavy atom. The Morgan fingerprint density at radius 3 is 2.78 bits per heavy atom. The van der Waals surface area contributed by atoms with E-state index in [1.54, 1.807) is 0 Å². The van der Waals surface area contributed by atoms with Crippen molar-refractivity contribution in [3.8, 4) is 0 Å². The van der Waals surface area contributed by atoms with E-state index in [1.165, 1.54) is 31.2 Å². The summed E-state index contributed by atoms with van der Waals surface area (Å²) in [7, 11) is 0. The third kappa shape index (κ3) is 4.83. The monoisotopic (exact) mass is 330 g/mol. The van der Waals surface area contributed by atoms with Crippen LogP contribution in [0.15, 0.2) is 30.3 Å². The molecule has 122 valence electrons. The van der Waals surface area contributed by atoms with Crippen LogP contribution in [0.2, 0.25) is 5.02 Å². The Hall–Kier alpha value is -1.81. The molecule has 0 aliphatic heterocycles. The van der Waals surface area contributed by atoms with Crippen LogP contribution in [0.1, 0.15) is 36.9 Å². The van der Waals surface area contributed by atoms with Crippen molar-refractivity contribution in [2.45, 2.75) is 45.1 Å². The Labute approximate surface area is 142 Å². The molecule has 0 atom stereocenters. The molecule has 3 rings (SSSR count). The Balaban J connectivity index is 1.57. The molecule has 0 spiro atoms. The summed E-state index contributed by atoms with van der Waals surface area (Å²) in [5, 5.41) is 7.62. The lowest BCUT2D eigenvalue weighted by molar-refractivity contribution is 0.743. The zero-order valence-corrected chi connectivity index (χ0v) is 14.2. The summed E-state index contributed by atoms with van der Waals surface area (Å²) in [5.74, 6) is 1.61. The van der Waals surface area contributed by atoms with E-state index in [1.807, 2.05) is 31.2 Å². The number of anilines is 2. The first kappa shape index (κ1) is 16.1. The fourth-order valence-corrected chi connectivity index (χ4v) is 3.22. The van der Waals surface area contributed by atoms with Gasteiger partial charge in [-0.3, -0.25) is 0 Å². The molecule has 0 unspecified atom stereocenters. The van der Waals surface area contributed by atoms with Crippen molar-refractivity contribution in [3.05, 3.63) is 46.6 Å². The molecule has 0 radical (unpaired) electrons. The van der Waals surface area contributed by atoms with Gasteiger partial charge in [0, 0.05) is 29.4 Å². The van der Waals surface area contributed by atoms with Crippen LogP contribution in [0, 0.1) is 6.92 Å². The Bertz CT molecular complexity index is 653. The molecule has 1 heterocycles. The fourth-order valence-electron chi connectivity index (χ4n) is 3.00. The van der Waals surface area contributed by atoms with Crippen molar-refractivity contribution >= 4 is 23.4 Å². The van der Waals surface area contributed by atoms with Crippen molar-refractivity contribution in [1.82, 2.24) is 9.97 Å². The molecule has 0 bridgehead atoms. The van der Waals surface area contributed by atoms with Gasteiger partial charge in [0.25, 0.3) is 0 Å². The van der Waals surface area contributed by atoms with Crippen molar-refractivity contribution in [1.29, 1.82) is 0 Å². The van der Waals surface area contributed by atoms with E-state index in [-0.39, 0.29) is 0 Å². The molecule has 4 nitrogen and oxygen atoms in total. The molecule has 1 aliphatic carbocycles. The van der Waals surface area contributed by atoms with Gasteiger partial charge in [-0.1, -0.05) is 36.6 Å². The van der Waals surface area contributed by atoms with Gasteiger partial charge in [-0.15, -0.1) is 0 Å². The normalized spacial score (nSPS) is 14.9. The van der Waals surface area contributed by atoms with Crippen LogP contribution in [-0.2, 0) is 6.42 Å². The lowest BCUT2D eigenvalue weighted by atomic mass is 10.1. The number of aromatic nitrogens is 2. The third-order valence-electron chi connectivity index (χ3n) is 4.15. The first-order valence-corrected chi connectivity index (χ1v) is 8.67. The quantitative estimate of drug-likeness (QED) is 0.821. The minimum absolute atomic E-state index is 0.524. The lowest BCUT2D eigenvalue weighted by Gasteiger charge is -2.14. The second-order valence-corrected chi connectivity index (χ2v) is 6.59. The van der Waals surface area contributed by atoms with Crippen LogP contribution >= 0.6 is 11.6 Å². The van der Waals surface area contributed by atoms with Gasteiger partial charge in [0.05, 0.1) is 0 Å². The maximum Gasteiger partial charge on any atom is 0.225 e. The summed E-state index contributed by atoms with van der Waals surface area (Å²) in [6, 6.07) is 10.5. The number of rotatable bonds is 6. The van der Waals surface area contributed by atoms with Crippen LogP contribution < -0.4 is 10.6 Å². The van der Waals surface area contributed by atoms with Crippen LogP contribution in [-0.4, -0.2) is 22.6 Å². The Kier molecular flexibility index (Phi) is 5.34. The van der Waals surface area contributed by atoms with Crippen LogP contribution in [0.25, 0.3) is 0 Å². The maximum absolute atomic E-state index is 6.01. The van der Waals surface area contributed by atoms with Gasteiger partial charge in [-0.2, -0.15) is 4.98 Å². The smallest absolute Gasteiger partial charge is 0.225 e. The van der Waals surface area contributed by atoms with Gasteiger partial charge >= 0.3 is 0 Å². The fraction of sp³-hybridized carbons (Fsp3) is 0.444. The van der Waals surface area contributed by atoms with Crippen molar-refractivity contribution < 1.29 is 0 Å². The molecular formula is C18H23ClN4. The number of aryl methyl sites for hydroxylation is 1. The molecule has 0 amide bonds. The van der Waals surface area contributed by atoms with Crippen LogP contribution in [0.5, 0.6) is 0 Å². The molecule has 1 aromatic heterocycles. The lowest BCUT2D eigenvalue weighted by Crippen LogP contribution is -2.17. The average molecular weight is 331 g/mol. The number of hydrogen-bond donors (Lipinski definition) is 2. The number of benzene rings is 1. The predicted molar refractivity (Wildman–Crippen MR) is 96.3 cm³/mol. The zero-order valence-electron chi connectivity index (χ0n) is 13.5. The van der Waals surface area contributed by atoms with Gasteiger partial charge in [-0.25, -0.2) is 4.98 Å². The minimum atomic E-state index is 0.524. The molecule has 0 saturated heterocycles. The Morgan fingerprint density at radius 2 is 2.00 bits per heavy atom. The van der Waals surface area contributed by atoms with Gasteiger partial charge < -0.3 is 10.6 Å². The first-order valence-electron chi connectivity index (χ1n) is 8.29. The summed E-state index contributed by atoms with van der Waals surface area (Å²) in [4.78, 5) is 9.08. The van der Waals surface area contributed by atoms with E-state index in [4.69, 9.17) is 11.6 Å². The number of nitrogens with one attached hydrogen (secondary N) is 2. The van der Waals surface area contributed by atoms with Gasteiger partial charge in [0.2, 0.25) is 5.95 Å². The number of nitrogens with zero attached hydrogens (tertiary/aromatic N) is 2. The maximum atomic E-state index is 6.01. The van der Waals surface area contributed by atoms with E-state index in [2.05, 4.69) is 26.7 Å². The van der Waals surface area contributed by atoms with E-state index in [0.29, 0.717) is 6.04 Å². The second kappa shape index (κ2) is 7.64. The van der Waals surface area contributed by atoms with E-state index in [0.717, 1.165) is 35.4 Å². The highest BCUT2D eigenvalue weighted by Gasteiger charge is 2.15. The average Bonchev–Trinajstić information content (AvgIpc) is 3.00. The SMILES string of the molecule is Cc1cc(NCCc2cccc(Cl)c2)nc(NC2CCCC2)n1. The molecular weight excluding hydrogens is 308 g/mol. The highest BCUT2D eigenvalue weighted by Crippen LogP contribution is 2.21. The molecule has 23 heavy (non-hydrogen) atoms. The molecule has 1 saturated carbocycles. The number of hydrogen-bond acceptors (Lipinski definition) is 4. The minimum Gasteiger partial charge on any atom is -0.370 e. The van der Waals surface area contributed by atoms with Gasteiger partial charge in [-0.05, 0) is 43.9 Å². The van der Waals surface area contributed by atoms with E-state index in [9.17, 15) is 0 Å². The van der Waals surface area contributed by atoms with Crippen molar-refractivity contribution in [2.24, 2.45) is 0 Å². The second-order valence-electron chi connectivity index (χ2n) is 6.15. The largest absolute Gasteiger partial charge is 0.370 e. The highest BCUT2D eigenvalue weighted by molar-refractivity contribution is 6.30. The molecule has 1 fully saturated rings. The summed E-state index contributed by atoms with van der Waals surface area (Å²) < 4.78 is 0. The topological polar surface area (TPSA) is 49.8 Å².